The summed E-state index contributed by atoms with van der Waals surface area (Å²) in [6.07, 6.45) is 2.08. The maximum absolute atomic E-state index is 12.7. The van der Waals surface area contributed by atoms with Crippen LogP contribution in [0.1, 0.15) is 38.6 Å². The molecule has 1 aliphatic rings. The van der Waals surface area contributed by atoms with E-state index >= 15 is 0 Å². The summed E-state index contributed by atoms with van der Waals surface area (Å²) in [7, 11) is 0. The van der Waals surface area contributed by atoms with E-state index < -0.39 is 0 Å². The number of benzene rings is 2. The van der Waals surface area contributed by atoms with Crippen LogP contribution in [-0.4, -0.2) is 35.4 Å². The Morgan fingerprint density at radius 3 is 2.80 bits per heavy atom. The van der Waals surface area contributed by atoms with Gasteiger partial charge in [-0.1, -0.05) is 36.4 Å². The van der Waals surface area contributed by atoms with Gasteiger partial charge in [0.05, 0.1) is 16.3 Å². The van der Waals surface area contributed by atoms with Crippen LogP contribution in [0.5, 0.6) is 0 Å². The first-order chi connectivity index (χ1) is 14.7. The van der Waals surface area contributed by atoms with E-state index in [1.165, 1.54) is 11.1 Å². The normalized spacial score (nSPS) is 13.8. The smallest absolute Gasteiger partial charge is 0.252 e. The zero-order chi connectivity index (χ0) is 20.8. The molecular formula is C24H27N3OS2. The summed E-state index contributed by atoms with van der Waals surface area (Å²) in [6, 6.07) is 16.5. The maximum Gasteiger partial charge on any atom is 0.252 e. The van der Waals surface area contributed by atoms with E-state index in [1.807, 2.05) is 31.2 Å². The van der Waals surface area contributed by atoms with E-state index in [4.69, 9.17) is 0 Å². The second kappa shape index (κ2) is 10.2. The average molecular weight is 438 g/mol. The number of amides is 1. The van der Waals surface area contributed by atoms with Gasteiger partial charge in [0.15, 0.2) is 0 Å². The fourth-order valence-corrected chi connectivity index (χ4v) is 5.41. The third-order valence-corrected chi connectivity index (χ3v) is 7.25. The quantitative estimate of drug-likeness (QED) is 0.401. The van der Waals surface area contributed by atoms with E-state index in [0.717, 1.165) is 59.4 Å². The van der Waals surface area contributed by atoms with Gasteiger partial charge in [-0.05, 0) is 43.0 Å². The van der Waals surface area contributed by atoms with E-state index in [9.17, 15) is 4.79 Å². The van der Waals surface area contributed by atoms with E-state index in [2.05, 4.69) is 44.8 Å². The fraction of sp³-hybridized carbons (Fsp3) is 0.333. The van der Waals surface area contributed by atoms with Gasteiger partial charge in [-0.25, -0.2) is 4.98 Å². The molecule has 2 heterocycles. The Bertz CT molecular complexity index is 1000. The summed E-state index contributed by atoms with van der Waals surface area (Å²) >= 11 is 3.34. The topological polar surface area (TPSA) is 45.2 Å². The van der Waals surface area contributed by atoms with Crippen molar-refractivity contribution in [3.8, 4) is 0 Å². The number of aryl methyl sites for hydroxylation is 1. The van der Waals surface area contributed by atoms with Crippen molar-refractivity contribution in [1.29, 1.82) is 0 Å². The number of hydrogen-bond donors (Lipinski definition) is 1. The molecule has 0 unspecified atom stereocenters. The minimum absolute atomic E-state index is 0.0107. The van der Waals surface area contributed by atoms with Crippen LogP contribution in [0.3, 0.4) is 0 Å². The highest BCUT2D eigenvalue weighted by Gasteiger charge is 2.16. The Balaban J connectivity index is 1.24. The predicted molar refractivity (Wildman–Crippen MR) is 125 cm³/mol. The summed E-state index contributed by atoms with van der Waals surface area (Å²) in [4.78, 5) is 20.7. The summed E-state index contributed by atoms with van der Waals surface area (Å²) in [5.74, 6) is 0.793. The first-order valence-electron chi connectivity index (χ1n) is 10.4. The maximum atomic E-state index is 12.7. The lowest BCUT2D eigenvalue weighted by atomic mass is 10.00. The van der Waals surface area contributed by atoms with E-state index in [1.54, 1.807) is 23.1 Å². The third-order valence-electron chi connectivity index (χ3n) is 5.32. The highest BCUT2D eigenvalue weighted by atomic mass is 32.2. The Morgan fingerprint density at radius 2 is 1.97 bits per heavy atom. The summed E-state index contributed by atoms with van der Waals surface area (Å²) < 4.78 is 0. The molecule has 0 atom stereocenters. The second-order valence-electron chi connectivity index (χ2n) is 7.55. The van der Waals surface area contributed by atoms with Gasteiger partial charge >= 0.3 is 0 Å². The van der Waals surface area contributed by atoms with Crippen LogP contribution in [0.4, 0.5) is 0 Å². The molecule has 1 amide bonds. The van der Waals surface area contributed by atoms with Gasteiger partial charge < -0.3 is 5.32 Å². The lowest BCUT2D eigenvalue weighted by Gasteiger charge is -2.28. The molecule has 2 aromatic carbocycles. The molecule has 4 rings (SSSR count). The van der Waals surface area contributed by atoms with Crippen molar-refractivity contribution in [2.45, 2.75) is 37.0 Å². The molecule has 6 heteroatoms. The number of carbonyl (C=O) groups is 1. The average Bonchev–Trinajstić information content (AvgIpc) is 3.20. The predicted octanol–water partition coefficient (Wildman–Crippen LogP) is 4.92. The van der Waals surface area contributed by atoms with Crippen LogP contribution in [-0.2, 0) is 18.7 Å². The molecule has 1 aromatic heterocycles. The highest BCUT2D eigenvalue weighted by molar-refractivity contribution is 7.98. The van der Waals surface area contributed by atoms with Gasteiger partial charge in [0.2, 0.25) is 0 Å². The van der Waals surface area contributed by atoms with Crippen LogP contribution in [0.15, 0.2) is 58.8 Å². The number of carbonyl (C=O) groups excluding carboxylic acids is 1. The number of rotatable bonds is 8. The fourth-order valence-electron chi connectivity index (χ4n) is 3.75. The van der Waals surface area contributed by atoms with Crippen molar-refractivity contribution in [3.05, 3.63) is 81.3 Å². The lowest BCUT2D eigenvalue weighted by molar-refractivity contribution is 0.0948. The molecule has 0 aliphatic carbocycles. The number of nitrogens with zero attached hydrogens (tertiary/aromatic N) is 2. The Kier molecular flexibility index (Phi) is 7.20. The molecule has 3 aromatic rings. The van der Waals surface area contributed by atoms with Gasteiger partial charge in [0.25, 0.3) is 5.91 Å². The Labute approximate surface area is 186 Å². The van der Waals surface area contributed by atoms with Crippen molar-refractivity contribution in [2.24, 2.45) is 0 Å². The number of hydrogen-bond acceptors (Lipinski definition) is 5. The zero-order valence-electron chi connectivity index (χ0n) is 17.3. The second-order valence-corrected chi connectivity index (χ2v) is 9.63. The first kappa shape index (κ1) is 21.1. The minimum atomic E-state index is 0.0107. The minimum Gasteiger partial charge on any atom is -0.352 e. The number of aromatic nitrogens is 1. The molecule has 0 spiro atoms. The number of nitrogens with one attached hydrogen (secondary N) is 1. The summed E-state index contributed by atoms with van der Waals surface area (Å²) in [5.41, 5.74) is 4.74. The van der Waals surface area contributed by atoms with Crippen LogP contribution in [0.2, 0.25) is 0 Å². The van der Waals surface area contributed by atoms with Gasteiger partial charge in [0, 0.05) is 42.2 Å². The van der Waals surface area contributed by atoms with Crippen LogP contribution >= 0.6 is 23.1 Å². The number of fused-ring (bicyclic) bond motifs is 1. The van der Waals surface area contributed by atoms with Gasteiger partial charge in [-0.15, -0.1) is 23.1 Å². The lowest BCUT2D eigenvalue weighted by Crippen LogP contribution is -2.33. The first-order valence-corrected chi connectivity index (χ1v) is 12.3. The van der Waals surface area contributed by atoms with Crippen LogP contribution in [0, 0.1) is 6.92 Å². The van der Waals surface area contributed by atoms with Gasteiger partial charge in [-0.2, -0.15) is 0 Å². The molecular weight excluding hydrogens is 410 g/mol. The molecule has 0 radical (unpaired) electrons. The molecule has 0 saturated carbocycles. The Hall–Kier alpha value is -2.15. The van der Waals surface area contributed by atoms with Crippen molar-refractivity contribution < 1.29 is 4.79 Å². The molecule has 0 bridgehead atoms. The summed E-state index contributed by atoms with van der Waals surface area (Å²) in [6.45, 7) is 5.83. The molecule has 4 nitrogen and oxygen atoms in total. The van der Waals surface area contributed by atoms with Crippen LogP contribution < -0.4 is 5.32 Å². The standard InChI is InChI=1S/C24H27N3OS2/c1-18-26-21(16-29-18)17-30-23-10-5-4-9-22(23)24(28)25-12-6-13-27-14-11-19-7-2-3-8-20(19)15-27/h2-5,7-10,16H,6,11-15,17H2,1H3,(H,25,28). The van der Waals surface area contributed by atoms with E-state index in [-0.39, 0.29) is 5.91 Å². The number of thiazole rings is 1. The van der Waals surface area contributed by atoms with Crippen LogP contribution in [0.25, 0.3) is 0 Å². The van der Waals surface area contributed by atoms with Crippen molar-refractivity contribution in [2.75, 3.05) is 19.6 Å². The SMILES string of the molecule is Cc1nc(CSc2ccccc2C(=O)NCCCN2CCc3ccccc3C2)cs1. The number of thioether (sulfide) groups is 1. The van der Waals surface area contributed by atoms with Crippen molar-refractivity contribution in [1.82, 2.24) is 15.2 Å². The van der Waals surface area contributed by atoms with Gasteiger partial charge in [-0.3, -0.25) is 9.69 Å². The molecule has 1 aliphatic heterocycles. The summed E-state index contributed by atoms with van der Waals surface area (Å²) in [5, 5.41) is 6.27. The highest BCUT2D eigenvalue weighted by Crippen LogP contribution is 2.27. The van der Waals surface area contributed by atoms with Crippen molar-refractivity contribution in [3.63, 3.8) is 0 Å². The monoisotopic (exact) mass is 437 g/mol. The largest absolute Gasteiger partial charge is 0.352 e. The molecule has 1 N–H and O–H groups in total. The third kappa shape index (κ3) is 5.50. The van der Waals surface area contributed by atoms with Crippen molar-refractivity contribution >= 4 is 29.0 Å². The zero-order valence-corrected chi connectivity index (χ0v) is 18.9. The Morgan fingerprint density at radius 1 is 1.17 bits per heavy atom. The van der Waals surface area contributed by atoms with E-state index in [0.29, 0.717) is 6.54 Å². The molecule has 0 fully saturated rings. The molecule has 0 saturated heterocycles. The van der Waals surface area contributed by atoms with Gasteiger partial charge in [0.1, 0.15) is 0 Å². The molecule has 156 valence electrons. The molecule has 30 heavy (non-hydrogen) atoms.